The first kappa shape index (κ1) is 28.8. The van der Waals surface area contributed by atoms with E-state index in [0.717, 1.165) is 24.7 Å². The molecule has 9 nitrogen and oxygen atoms in total. The van der Waals surface area contributed by atoms with Gasteiger partial charge in [0.25, 0.3) is 5.91 Å². The van der Waals surface area contributed by atoms with Crippen molar-refractivity contribution in [1.82, 2.24) is 5.32 Å². The molecule has 0 radical (unpaired) electrons. The lowest BCUT2D eigenvalue weighted by molar-refractivity contribution is 0.0964. The molecule has 1 amide bonds. The number of carbonyl (C=O) groups is 1. The molecule has 0 aliphatic heterocycles. The minimum absolute atomic E-state index is 0.0313. The van der Waals surface area contributed by atoms with Gasteiger partial charge in [-0.05, 0) is 71.2 Å². The van der Waals surface area contributed by atoms with Gasteiger partial charge in [-0.15, -0.1) is 0 Å². The van der Waals surface area contributed by atoms with Crippen LogP contribution in [0.2, 0.25) is 0 Å². The fourth-order valence-corrected chi connectivity index (χ4v) is 5.98. The molecule has 1 heterocycles. The van der Waals surface area contributed by atoms with Gasteiger partial charge in [-0.2, -0.15) is 0 Å². The van der Waals surface area contributed by atoms with Crippen molar-refractivity contribution in [3.8, 4) is 11.3 Å². The summed E-state index contributed by atoms with van der Waals surface area (Å²) in [6, 6.07) is 13.9. The Bertz CT molecular complexity index is 1720. The van der Waals surface area contributed by atoms with E-state index in [2.05, 4.69) is 5.32 Å². The van der Waals surface area contributed by atoms with Crippen LogP contribution in [-0.2, 0) is 27.9 Å². The summed E-state index contributed by atoms with van der Waals surface area (Å²) in [5.41, 5.74) is 3.73. The highest BCUT2D eigenvalue weighted by atomic mass is 32.2. The Morgan fingerprint density at radius 2 is 1.85 bits per heavy atom. The first-order chi connectivity index (χ1) is 19.5. The standard InChI is InChI=1S/C29H30BFN2O7S/c1-32-29(34)27-23-13-22(18-5-6-18)25(14-26(23)40-28(27)19-7-9-21(31)10-8-19)33(41(3,37)38)15-17-4-11-24(30(35)36)20(12-17)16-39-2/h4,7-14,18,35-36H,5-6,15-16H2,1-3H3,(H,32,34). The maximum absolute atomic E-state index is 13.6. The van der Waals surface area contributed by atoms with Crippen LogP contribution in [0.5, 0.6) is 0 Å². The highest BCUT2D eigenvalue weighted by Crippen LogP contribution is 2.48. The van der Waals surface area contributed by atoms with Gasteiger partial charge < -0.3 is 24.5 Å². The number of methoxy groups -OCH3 is 1. The number of benzene rings is 3. The van der Waals surface area contributed by atoms with E-state index in [-0.39, 0.29) is 41.8 Å². The van der Waals surface area contributed by atoms with E-state index in [1.165, 1.54) is 48.8 Å². The molecule has 3 aromatic carbocycles. The average Bonchev–Trinajstić information content (AvgIpc) is 3.71. The summed E-state index contributed by atoms with van der Waals surface area (Å²) >= 11 is 0. The number of anilines is 1. The molecule has 1 fully saturated rings. The highest BCUT2D eigenvalue weighted by Gasteiger charge is 2.33. The molecule has 1 saturated carbocycles. The molecular weight excluding hydrogens is 550 g/mol. The predicted molar refractivity (Wildman–Crippen MR) is 155 cm³/mol. The van der Waals surface area contributed by atoms with Crippen LogP contribution in [0.4, 0.5) is 10.1 Å². The molecule has 12 heteroatoms. The third-order valence-electron chi connectivity index (χ3n) is 7.20. The minimum Gasteiger partial charge on any atom is -0.455 e. The number of rotatable bonds is 10. The monoisotopic (exact) mass is 580 g/mol. The van der Waals surface area contributed by atoms with Crippen molar-refractivity contribution >= 4 is 45.2 Å². The van der Waals surface area contributed by atoms with Crippen LogP contribution in [0.3, 0.4) is 0 Å². The van der Waals surface area contributed by atoms with Gasteiger partial charge in [0.15, 0.2) is 0 Å². The summed E-state index contributed by atoms with van der Waals surface area (Å²) in [5.74, 6) is -0.444. The summed E-state index contributed by atoms with van der Waals surface area (Å²) < 4.78 is 52.8. The highest BCUT2D eigenvalue weighted by molar-refractivity contribution is 7.92. The van der Waals surface area contributed by atoms with Crippen molar-refractivity contribution < 1.29 is 36.8 Å². The molecule has 5 rings (SSSR count). The fraction of sp³-hybridized carbons (Fsp3) is 0.276. The van der Waals surface area contributed by atoms with Crippen molar-refractivity contribution in [3.05, 3.63) is 82.7 Å². The number of hydrogen-bond acceptors (Lipinski definition) is 7. The van der Waals surface area contributed by atoms with E-state index in [0.29, 0.717) is 33.3 Å². The zero-order chi connectivity index (χ0) is 29.5. The number of nitrogens with zero attached hydrogens (tertiary/aromatic N) is 1. The van der Waals surface area contributed by atoms with E-state index in [4.69, 9.17) is 9.15 Å². The minimum atomic E-state index is -3.81. The second kappa shape index (κ2) is 11.3. The Morgan fingerprint density at radius 3 is 2.44 bits per heavy atom. The number of carbonyl (C=O) groups excluding carboxylic acids is 1. The Balaban J connectivity index is 1.68. The summed E-state index contributed by atoms with van der Waals surface area (Å²) in [4.78, 5) is 13.0. The molecule has 0 saturated heterocycles. The van der Waals surface area contributed by atoms with Gasteiger partial charge in [-0.25, -0.2) is 12.8 Å². The van der Waals surface area contributed by atoms with Crippen molar-refractivity contribution in [2.24, 2.45) is 0 Å². The molecule has 1 aromatic heterocycles. The number of halogens is 1. The molecule has 4 aromatic rings. The molecule has 1 aliphatic carbocycles. The summed E-state index contributed by atoms with van der Waals surface area (Å²) in [7, 11) is -2.51. The van der Waals surface area contributed by atoms with E-state index in [1.807, 2.05) is 6.07 Å². The molecule has 0 atom stereocenters. The van der Waals surface area contributed by atoms with Gasteiger partial charge in [0, 0.05) is 31.2 Å². The maximum atomic E-state index is 13.6. The Labute approximate surface area is 237 Å². The number of hydrogen-bond donors (Lipinski definition) is 3. The number of amides is 1. The SMILES string of the molecule is CNC(=O)c1c(-c2ccc(F)cc2)oc2cc(N(Cc3ccc(B(O)O)c(COC)c3)S(C)(=O)=O)c(C3CC3)cc12. The van der Waals surface area contributed by atoms with Crippen LogP contribution in [0.15, 0.2) is 59.0 Å². The molecular formula is C29H30BFN2O7S. The lowest BCUT2D eigenvalue weighted by Gasteiger charge is -2.26. The van der Waals surface area contributed by atoms with Crippen LogP contribution in [0, 0.1) is 5.82 Å². The van der Waals surface area contributed by atoms with E-state index in [9.17, 15) is 27.7 Å². The molecule has 0 spiro atoms. The van der Waals surface area contributed by atoms with Crippen molar-refractivity contribution in [3.63, 3.8) is 0 Å². The number of furan rings is 1. The van der Waals surface area contributed by atoms with Gasteiger partial charge >= 0.3 is 7.12 Å². The molecule has 3 N–H and O–H groups in total. The first-order valence-corrected chi connectivity index (χ1v) is 14.9. The van der Waals surface area contributed by atoms with Gasteiger partial charge in [-0.3, -0.25) is 9.10 Å². The summed E-state index contributed by atoms with van der Waals surface area (Å²) in [6.45, 7) is 0.0796. The Hall–Kier alpha value is -3.71. The molecule has 41 heavy (non-hydrogen) atoms. The number of sulfonamides is 1. The van der Waals surface area contributed by atoms with Crippen molar-refractivity contribution in [2.45, 2.75) is 31.9 Å². The molecule has 0 unspecified atom stereocenters. The van der Waals surface area contributed by atoms with Gasteiger partial charge in [0.05, 0.1) is 30.7 Å². The quantitative estimate of drug-likeness (QED) is 0.246. The Morgan fingerprint density at radius 1 is 1.15 bits per heavy atom. The third-order valence-corrected chi connectivity index (χ3v) is 8.32. The largest absolute Gasteiger partial charge is 0.488 e. The fourth-order valence-electron chi connectivity index (χ4n) is 5.08. The second-order valence-corrected chi connectivity index (χ2v) is 12.1. The van der Waals surface area contributed by atoms with Crippen LogP contribution in [-0.4, -0.2) is 51.9 Å². The maximum Gasteiger partial charge on any atom is 0.488 e. The number of ether oxygens (including phenoxy) is 1. The van der Waals surface area contributed by atoms with E-state index < -0.39 is 23.0 Å². The topological polar surface area (TPSA) is 129 Å². The predicted octanol–water partition coefficient (Wildman–Crippen LogP) is 3.27. The smallest absolute Gasteiger partial charge is 0.455 e. The normalized spacial score (nSPS) is 13.4. The lowest BCUT2D eigenvalue weighted by atomic mass is 9.76. The van der Waals surface area contributed by atoms with Crippen molar-refractivity contribution in [2.75, 3.05) is 24.7 Å². The van der Waals surface area contributed by atoms with Crippen LogP contribution >= 0.6 is 0 Å². The van der Waals surface area contributed by atoms with Crippen LogP contribution < -0.4 is 15.1 Å². The van der Waals surface area contributed by atoms with Gasteiger partial charge in [0.1, 0.15) is 17.2 Å². The zero-order valence-electron chi connectivity index (χ0n) is 22.8. The summed E-state index contributed by atoms with van der Waals surface area (Å²) in [6.07, 6.45) is 2.86. The number of nitrogens with one attached hydrogen (secondary N) is 1. The molecule has 0 bridgehead atoms. The molecule has 1 aliphatic rings. The van der Waals surface area contributed by atoms with Crippen molar-refractivity contribution in [1.29, 1.82) is 0 Å². The number of fused-ring (bicyclic) bond motifs is 1. The van der Waals surface area contributed by atoms with E-state index in [1.54, 1.807) is 18.2 Å². The zero-order valence-corrected chi connectivity index (χ0v) is 23.7. The second-order valence-electron chi connectivity index (χ2n) is 10.2. The third kappa shape index (κ3) is 5.87. The van der Waals surface area contributed by atoms with Gasteiger partial charge in [-0.1, -0.05) is 18.2 Å². The van der Waals surface area contributed by atoms with Crippen LogP contribution in [0.1, 0.15) is 45.8 Å². The lowest BCUT2D eigenvalue weighted by Crippen LogP contribution is -2.34. The van der Waals surface area contributed by atoms with E-state index >= 15 is 0 Å². The summed E-state index contributed by atoms with van der Waals surface area (Å²) in [5, 5.41) is 22.6. The van der Waals surface area contributed by atoms with Crippen LogP contribution in [0.25, 0.3) is 22.3 Å². The van der Waals surface area contributed by atoms with Gasteiger partial charge in [0.2, 0.25) is 10.0 Å². The average molecular weight is 580 g/mol. The molecule has 214 valence electrons. The first-order valence-electron chi connectivity index (χ1n) is 13.0. The Kier molecular flexibility index (Phi) is 7.93.